The van der Waals surface area contributed by atoms with Crippen molar-refractivity contribution in [3.8, 4) is 0 Å². The van der Waals surface area contributed by atoms with Gasteiger partial charge in [0.15, 0.2) is 0 Å². The van der Waals surface area contributed by atoms with Gasteiger partial charge < -0.3 is 5.32 Å². The highest BCUT2D eigenvalue weighted by molar-refractivity contribution is 9.10. The fourth-order valence-corrected chi connectivity index (χ4v) is 2.69. The van der Waals surface area contributed by atoms with Crippen molar-refractivity contribution in [3.05, 3.63) is 22.8 Å². The van der Waals surface area contributed by atoms with Crippen LogP contribution in [0.2, 0.25) is 0 Å². The number of rotatable bonds is 2. The first-order valence-electron chi connectivity index (χ1n) is 6.13. The first-order chi connectivity index (χ1) is 7.75. The fraction of sp³-hybridized carbons (Fsp3) is 0.615. The van der Waals surface area contributed by atoms with E-state index < -0.39 is 0 Å². The molecule has 0 amide bonds. The molecule has 0 aromatic carbocycles. The molecule has 1 aliphatic carbocycles. The third-order valence-corrected chi connectivity index (χ3v) is 4.00. The zero-order valence-electron chi connectivity index (χ0n) is 9.75. The van der Waals surface area contributed by atoms with Crippen LogP contribution in [-0.2, 0) is 0 Å². The van der Waals surface area contributed by atoms with Gasteiger partial charge in [-0.1, -0.05) is 19.8 Å². The summed E-state index contributed by atoms with van der Waals surface area (Å²) in [4.78, 5) is 4.36. The summed E-state index contributed by atoms with van der Waals surface area (Å²) < 4.78 is 1.06. The van der Waals surface area contributed by atoms with Crippen molar-refractivity contribution in [1.82, 2.24) is 4.98 Å². The second kappa shape index (κ2) is 5.67. The normalized spacial score (nSPS) is 26.1. The average molecular weight is 283 g/mol. The second-order valence-corrected chi connectivity index (χ2v) is 5.64. The molecule has 1 heterocycles. The van der Waals surface area contributed by atoms with Crippen molar-refractivity contribution in [2.45, 2.75) is 45.1 Å². The van der Waals surface area contributed by atoms with Crippen LogP contribution in [0.25, 0.3) is 0 Å². The molecule has 0 spiro atoms. The molecule has 0 saturated heterocycles. The number of halogens is 1. The summed E-state index contributed by atoms with van der Waals surface area (Å²) in [6.07, 6.45) is 8.43. The summed E-state index contributed by atoms with van der Waals surface area (Å²) in [7, 11) is 0. The molecule has 1 saturated carbocycles. The zero-order valence-corrected chi connectivity index (χ0v) is 11.3. The topological polar surface area (TPSA) is 24.9 Å². The smallest absolute Gasteiger partial charge is 0.140 e. The minimum absolute atomic E-state index is 0.594. The van der Waals surface area contributed by atoms with Gasteiger partial charge in [0.05, 0.1) is 4.47 Å². The lowest BCUT2D eigenvalue weighted by Crippen LogP contribution is -2.19. The van der Waals surface area contributed by atoms with E-state index in [1.54, 1.807) is 0 Å². The Hall–Kier alpha value is -0.570. The Balaban J connectivity index is 1.96. The number of hydrogen-bond acceptors (Lipinski definition) is 2. The Morgan fingerprint density at radius 2 is 2.19 bits per heavy atom. The summed E-state index contributed by atoms with van der Waals surface area (Å²) in [5.74, 6) is 1.88. The van der Waals surface area contributed by atoms with E-state index >= 15 is 0 Å². The maximum absolute atomic E-state index is 4.36. The van der Waals surface area contributed by atoms with E-state index in [4.69, 9.17) is 0 Å². The van der Waals surface area contributed by atoms with Crippen LogP contribution in [0.1, 0.15) is 39.0 Å². The Kier molecular flexibility index (Phi) is 4.22. The lowest BCUT2D eigenvalue weighted by Gasteiger charge is -2.17. The lowest BCUT2D eigenvalue weighted by atomic mass is 10.0. The Morgan fingerprint density at radius 3 is 3.00 bits per heavy atom. The summed E-state index contributed by atoms with van der Waals surface area (Å²) >= 11 is 3.53. The molecule has 1 aliphatic rings. The Bertz CT molecular complexity index is 340. The predicted octanol–water partition coefficient (Wildman–Crippen LogP) is 4.22. The molecular weight excluding hydrogens is 264 g/mol. The van der Waals surface area contributed by atoms with Crippen molar-refractivity contribution in [2.75, 3.05) is 5.32 Å². The predicted molar refractivity (Wildman–Crippen MR) is 71.6 cm³/mol. The Morgan fingerprint density at radius 1 is 1.31 bits per heavy atom. The molecular formula is C13H19BrN2. The quantitative estimate of drug-likeness (QED) is 0.822. The van der Waals surface area contributed by atoms with Crippen LogP contribution in [0.15, 0.2) is 22.8 Å². The van der Waals surface area contributed by atoms with E-state index in [1.807, 2.05) is 18.3 Å². The molecule has 1 N–H and O–H groups in total. The van der Waals surface area contributed by atoms with Gasteiger partial charge in [0.2, 0.25) is 0 Å². The largest absolute Gasteiger partial charge is 0.366 e. The second-order valence-electron chi connectivity index (χ2n) is 4.79. The fourth-order valence-electron chi connectivity index (χ4n) is 2.32. The summed E-state index contributed by atoms with van der Waals surface area (Å²) in [6, 6.07) is 4.58. The highest BCUT2D eigenvalue weighted by atomic mass is 79.9. The summed E-state index contributed by atoms with van der Waals surface area (Å²) in [5, 5.41) is 3.55. The minimum atomic E-state index is 0.594. The molecule has 0 aliphatic heterocycles. The molecule has 16 heavy (non-hydrogen) atoms. The summed E-state index contributed by atoms with van der Waals surface area (Å²) in [6.45, 7) is 2.36. The summed E-state index contributed by atoms with van der Waals surface area (Å²) in [5.41, 5.74) is 0. The van der Waals surface area contributed by atoms with Gasteiger partial charge >= 0.3 is 0 Å². The highest BCUT2D eigenvalue weighted by Crippen LogP contribution is 2.26. The molecule has 0 radical (unpaired) electrons. The van der Waals surface area contributed by atoms with E-state index in [0.717, 1.165) is 16.2 Å². The SMILES string of the molecule is CC1CCCC(Nc2ncccc2Br)CC1. The van der Waals surface area contributed by atoms with Crippen LogP contribution in [-0.4, -0.2) is 11.0 Å². The van der Waals surface area contributed by atoms with Gasteiger partial charge in [-0.05, 0) is 53.2 Å². The van der Waals surface area contributed by atoms with E-state index in [9.17, 15) is 0 Å². The van der Waals surface area contributed by atoms with Gasteiger partial charge in [-0.15, -0.1) is 0 Å². The van der Waals surface area contributed by atoms with E-state index in [2.05, 4.69) is 33.2 Å². The molecule has 88 valence electrons. The van der Waals surface area contributed by atoms with Crippen LogP contribution in [0, 0.1) is 5.92 Å². The molecule has 1 aromatic rings. The van der Waals surface area contributed by atoms with Gasteiger partial charge in [0.1, 0.15) is 5.82 Å². The molecule has 2 unspecified atom stereocenters. The van der Waals surface area contributed by atoms with E-state index in [0.29, 0.717) is 6.04 Å². The van der Waals surface area contributed by atoms with Gasteiger partial charge in [0, 0.05) is 12.2 Å². The third-order valence-electron chi connectivity index (χ3n) is 3.36. The first kappa shape index (κ1) is 11.9. The lowest BCUT2D eigenvalue weighted by molar-refractivity contribution is 0.502. The number of nitrogens with one attached hydrogen (secondary N) is 1. The van der Waals surface area contributed by atoms with Crippen molar-refractivity contribution >= 4 is 21.7 Å². The molecule has 1 aromatic heterocycles. The van der Waals surface area contributed by atoms with Crippen LogP contribution < -0.4 is 5.32 Å². The molecule has 2 atom stereocenters. The van der Waals surface area contributed by atoms with Crippen molar-refractivity contribution in [1.29, 1.82) is 0 Å². The van der Waals surface area contributed by atoms with E-state index in [-0.39, 0.29) is 0 Å². The number of anilines is 1. The highest BCUT2D eigenvalue weighted by Gasteiger charge is 2.16. The zero-order chi connectivity index (χ0) is 11.4. The van der Waals surface area contributed by atoms with Crippen molar-refractivity contribution < 1.29 is 0 Å². The molecule has 2 rings (SSSR count). The molecule has 2 nitrogen and oxygen atoms in total. The van der Waals surface area contributed by atoms with E-state index in [1.165, 1.54) is 32.1 Å². The monoisotopic (exact) mass is 282 g/mol. The maximum Gasteiger partial charge on any atom is 0.140 e. The number of hydrogen-bond donors (Lipinski definition) is 1. The van der Waals surface area contributed by atoms with Gasteiger partial charge in [-0.2, -0.15) is 0 Å². The Labute approximate surface area is 106 Å². The minimum Gasteiger partial charge on any atom is -0.366 e. The number of aromatic nitrogens is 1. The molecule has 0 bridgehead atoms. The standard InChI is InChI=1S/C13H19BrN2/c1-10-4-2-5-11(8-7-10)16-13-12(14)6-3-9-15-13/h3,6,9-11H,2,4-5,7-8H2,1H3,(H,15,16). The van der Waals surface area contributed by atoms with Gasteiger partial charge in [-0.3, -0.25) is 0 Å². The van der Waals surface area contributed by atoms with Crippen LogP contribution >= 0.6 is 15.9 Å². The van der Waals surface area contributed by atoms with Crippen LogP contribution in [0.4, 0.5) is 5.82 Å². The number of pyridine rings is 1. The number of nitrogens with zero attached hydrogens (tertiary/aromatic N) is 1. The molecule has 3 heteroatoms. The van der Waals surface area contributed by atoms with Crippen molar-refractivity contribution in [2.24, 2.45) is 5.92 Å². The maximum atomic E-state index is 4.36. The van der Waals surface area contributed by atoms with Gasteiger partial charge in [-0.25, -0.2) is 4.98 Å². The third kappa shape index (κ3) is 3.21. The first-order valence-corrected chi connectivity index (χ1v) is 6.92. The van der Waals surface area contributed by atoms with Crippen molar-refractivity contribution in [3.63, 3.8) is 0 Å². The van der Waals surface area contributed by atoms with Crippen LogP contribution in [0.3, 0.4) is 0 Å². The van der Waals surface area contributed by atoms with Crippen LogP contribution in [0.5, 0.6) is 0 Å². The average Bonchev–Trinajstić information content (AvgIpc) is 2.47. The van der Waals surface area contributed by atoms with Gasteiger partial charge in [0.25, 0.3) is 0 Å². The molecule has 1 fully saturated rings.